The number of hydrogen-bond donors (Lipinski definition) is 1. The fourth-order valence-corrected chi connectivity index (χ4v) is 3.70. The molecule has 0 saturated carbocycles. The Morgan fingerprint density at radius 2 is 1.77 bits per heavy atom. The first-order chi connectivity index (χ1) is 15.0. The molecular formula is C24H25ClN4O2. The molecule has 4 rings (SSSR count). The predicted molar refractivity (Wildman–Crippen MR) is 124 cm³/mol. The highest BCUT2D eigenvalue weighted by atomic mass is 35.5. The Balaban J connectivity index is 1.34. The van der Waals surface area contributed by atoms with E-state index in [0.717, 1.165) is 18.8 Å². The van der Waals surface area contributed by atoms with Gasteiger partial charge in [-0.15, -0.1) is 0 Å². The largest absolute Gasteiger partial charge is 0.456 e. The SMILES string of the molecule is CN(C)C1CCN(c2ccc(NC(=O)c3ccc(Oc4ccc(Cl)nc4)cc3)cc2)C1. The number of carbonyl (C=O) groups is 1. The van der Waals surface area contributed by atoms with Crippen molar-refractivity contribution in [3.63, 3.8) is 0 Å². The number of pyridine rings is 1. The lowest BCUT2D eigenvalue weighted by atomic mass is 10.2. The Hall–Kier alpha value is -3.09. The summed E-state index contributed by atoms with van der Waals surface area (Å²) < 4.78 is 5.71. The topological polar surface area (TPSA) is 57.7 Å². The number of benzene rings is 2. The highest BCUT2D eigenvalue weighted by Gasteiger charge is 2.23. The normalized spacial score (nSPS) is 15.9. The molecule has 1 atom stereocenters. The maximum atomic E-state index is 12.6. The zero-order chi connectivity index (χ0) is 21.8. The van der Waals surface area contributed by atoms with Crippen molar-refractivity contribution in [2.24, 2.45) is 0 Å². The summed E-state index contributed by atoms with van der Waals surface area (Å²) in [6.45, 7) is 2.08. The summed E-state index contributed by atoms with van der Waals surface area (Å²) >= 11 is 5.78. The number of halogens is 1. The minimum absolute atomic E-state index is 0.165. The van der Waals surface area contributed by atoms with Gasteiger partial charge < -0.3 is 19.9 Å². The van der Waals surface area contributed by atoms with Crippen molar-refractivity contribution in [2.45, 2.75) is 12.5 Å². The lowest BCUT2D eigenvalue weighted by Crippen LogP contribution is -2.31. The molecular weight excluding hydrogens is 412 g/mol. The molecule has 1 aromatic heterocycles. The van der Waals surface area contributed by atoms with Crippen LogP contribution in [0.25, 0.3) is 0 Å². The van der Waals surface area contributed by atoms with Gasteiger partial charge in [-0.05, 0) is 81.2 Å². The van der Waals surface area contributed by atoms with Crippen LogP contribution in [0.4, 0.5) is 11.4 Å². The van der Waals surface area contributed by atoms with E-state index >= 15 is 0 Å². The monoisotopic (exact) mass is 436 g/mol. The fraction of sp³-hybridized carbons (Fsp3) is 0.250. The second kappa shape index (κ2) is 9.37. The minimum atomic E-state index is -0.165. The van der Waals surface area contributed by atoms with E-state index < -0.39 is 0 Å². The number of hydrogen-bond acceptors (Lipinski definition) is 5. The van der Waals surface area contributed by atoms with Gasteiger partial charge in [0.1, 0.15) is 16.7 Å². The third-order valence-corrected chi connectivity index (χ3v) is 5.66. The molecule has 2 heterocycles. The molecule has 0 radical (unpaired) electrons. The molecule has 7 heteroatoms. The quantitative estimate of drug-likeness (QED) is 0.556. The number of rotatable bonds is 6. The highest BCUT2D eigenvalue weighted by Crippen LogP contribution is 2.25. The molecule has 31 heavy (non-hydrogen) atoms. The molecule has 0 bridgehead atoms. The van der Waals surface area contributed by atoms with Crippen molar-refractivity contribution >= 4 is 28.9 Å². The van der Waals surface area contributed by atoms with Crippen LogP contribution in [0.3, 0.4) is 0 Å². The van der Waals surface area contributed by atoms with E-state index in [1.54, 1.807) is 42.6 Å². The summed E-state index contributed by atoms with van der Waals surface area (Å²) in [7, 11) is 4.25. The van der Waals surface area contributed by atoms with E-state index in [1.165, 1.54) is 12.1 Å². The van der Waals surface area contributed by atoms with Gasteiger partial charge in [-0.2, -0.15) is 0 Å². The first-order valence-corrected chi connectivity index (χ1v) is 10.6. The molecule has 1 unspecified atom stereocenters. The van der Waals surface area contributed by atoms with E-state index in [-0.39, 0.29) is 5.91 Å². The van der Waals surface area contributed by atoms with Gasteiger partial charge in [-0.3, -0.25) is 4.79 Å². The highest BCUT2D eigenvalue weighted by molar-refractivity contribution is 6.29. The van der Waals surface area contributed by atoms with Gasteiger partial charge in [-0.25, -0.2) is 4.98 Å². The third kappa shape index (κ3) is 5.34. The molecule has 1 aliphatic rings. The molecule has 0 aliphatic carbocycles. The van der Waals surface area contributed by atoms with Crippen molar-refractivity contribution in [1.29, 1.82) is 0 Å². The van der Waals surface area contributed by atoms with Gasteiger partial charge in [0.2, 0.25) is 0 Å². The Morgan fingerprint density at radius 3 is 2.39 bits per heavy atom. The zero-order valence-electron chi connectivity index (χ0n) is 17.6. The zero-order valence-corrected chi connectivity index (χ0v) is 18.3. The van der Waals surface area contributed by atoms with Crippen LogP contribution in [0.5, 0.6) is 11.5 Å². The lowest BCUT2D eigenvalue weighted by molar-refractivity contribution is 0.102. The van der Waals surface area contributed by atoms with Gasteiger partial charge in [0, 0.05) is 36.1 Å². The maximum Gasteiger partial charge on any atom is 0.255 e. The molecule has 1 aliphatic heterocycles. The van der Waals surface area contributed by atoms with Gasteiger partial charge in [0.15, 0.2) is 0 Å². The predicted octanol–water partition coefficient (Wildman–Crippen LogP) is 4.92. The number of likely N-dealkylation sites (N-methyl/N-ethyl adjacent to an activating group) is 1. The second-order valence-electron chi connectivity index (χ2n) is 7.80. The summed E-state index contributed by atoms with van der Waals surface area (Å²) in [5.41, 5.74) is 2.50. The molecule has 3 aromatic rings. The number of ether oxygens (including phenoxy) is 1. The average molecular weight is 437 g/mol. The molecule has 1 N–H and O–H groups in total. The Bertz CT molecular complexity index is 1020. The fourth-order valence-electron chi connectivity index (χ4n) is 3.59. The number of amides is 1. The molecule has 1 amide bonds. The number of aromatic nitrogens is 1. The van der Waals surface area contributed by atoms with Crippen LogP contribution in [0, 0.1) is 0 Å². The number of carbonyl (C=O) groups excluding carboxylic acids is 1. The van der Waals surface area contributed by atoms with Crippen LogP contribution in [0.2, 0.25) is 5.15 Å². The van der Waals surface area contributed by atoms with Gasteiger partial charge in [0.05, 0.1) is 6.20 Å². The number of anilines is 2. The van der Waals surface area contributed by atoms with Crippen molar-refractivity contribution in [3.05, 3.63) is 77.6 Å². The standard InChI is InChI=1S/C24H25ClN4O2/c1-28(2)20-13-14-29(16-20)19-7-5-18(6-8-19)27-24(30)17-3-9-21(10-4-17)31-22-11-12-23(25)26-15-22/h3-12,15,20H,13-14,16H2,1-2H3,(H,27,30). The Morgan fingerprint density at radius 1 is 1.06 bits per heavy atom. The molecule has 0 spiro atoms. The number of nitrogens with one attached hydrogen (secondary N) is 1. The average Bonchev–Trinajstić information content (AvgIpc) is 3.27. The summed E-state index contributed by atoms with van der Waals surface area (Å²) in [5, 5.41) is 3.36. The third-order valence-electron chi connectivity index (χ3n) is 5.44. The van der Waals surface area contributed by atoms with E-state index in [2.05, 4.69) is 46.3 Å². The molecule has 6 nitrogen and oxygen atoms in total. The Kier molecular flexibility index (Phi) is 6.39. The number of nitrogens with zero attached hydrogens (tertiary/aromatic N) is 3. The minimum Gasteiger partial charge on any atom is -0.456 e. The first-order valence-electron chi connectivity index (χ1n) is 10.2. The van der Waals surface area contributed by atoms with Crippen LogP contribution < -0.4 is 15.0 Å². The van der Waals surface area contributed by atoms with E-state index in [1.807, 2.05) is 12.1 Å². The Labute approximate surface area is 187 Å². The molecule has 2 aromatic carbocycles. The van der Waals surface area contributed by atoms with Crippen LogP contribution in [0.15, 0.2) is 66.9 Å². The summed E-state index contributed by atoms with van der Waals surface area (Å²) in [6, 6.07) is 19.0. The van der Waals surface area contributed by atoms with Crippen molar-refractivity contribution in [3.8, 4) is 11.5 Å². The van der Waals surface area contributed by atoms with Gasteiger partial charge in [-0.1, -0.05) is 11.6 Å². The first kappa shape index (κ1) is 21.2. The van der Waals surface area contributed by atoms with E-state index in [4.69, 9.17) is 16.3 Å². The lowest BCUT2D eigenvalue weighted by Gasteiger charge is -2.22. The summed E-state index contributed by atoms with van der Waals surface area (Å²) in [6.07, 6.45) is 2.72. The maximum absolute atomic E-state index is 12.6. The van der Waals surface area contributed by atoms with Crippen LogP contribution in [-0.4, -0.2) is 49.0 Å². The van der Waals surface area contributed by atoms with Gasteiger partial charge >= 0.3 is 0 Å². The smallest absolute Gasteiger partial charge is 0.255 e. The molecule has 160 valence electrons. The van der Waals surface area contributed by atoms with E-state index in [9.17, 15) is 4.79 Å². The van der Waals surface area contributed by atoms with Crippen molar-refractivity contribution in [2.75, 3.05) is 37.4 Å². The van der Waals surface area contributed by atoms with Crippen LogP contribution >= 0.6 is 11.6 Å². The summed E-state index contributed by atoms with van der Waals surface area (Å²) in [4.78, 5) is 21.2. The van der Waals surface area contributed by atoms with Crippen LogP contribution in [-0.2, 0) is 0 Å². The van der Waals surface area contributed by atoms with E-state index in [0.29, 0.717) is 28.3 Å². The van der Waals surface area contributed by atoms with Crippen molar-refractivity contribution in [1.82, 2.24) is 9.88 Å². The second-order valence-corrected chi connectivity index (χ2v) is 8.18. The molecule has 1 fully saturated rings. The summed E-state index contributed by atoms with van der Waals surface area (Å²) in [5.74, 6) is 1.03. The van der Waals surface area contributed by atoms with Crippen LogP contribution in [0.1, 0.15) is 16.8 Å². The molecule has 1 saturated heterocycles. The van der Waals surface area contributed by atoms with Gasteiger partial charge in [0.25, 0.3) is 5.91 Å². The van der Waals surface area contributed by atoms with Crippen molar-refractivity contribution < 1.29 is 9.53 Å².